The van der Waals surface area contributed by atoms with Gasteiger partial charge in [0.2, 0.25) is 0 Å². The first kappa shape index (κ1) is 18.0. The Labute approximate surface area is 185 Å². The maximum absolute atomic E-state index is 6.27. The van der Waals surface area contributed by atoms with Crippen molar-refractivity contribution in [1.82, 2.24) is 4.98 Å². The van der Waals surface area contributed by atoms with E-state index in [0.29, 0.717) is 0 Å². The summed E-state index contributed by atoms with van der Waals surface area (Å²) in [5.41, 5.74) is 3.51. The minimum Gasteiger partial charge on any atom is -0.463 e. The van der Waals surface area contributed by atoms with Crippen LogP contribution in [0.5, 0.6) is 0 Å². The van der Waals surface area contributed by atoms with Gasteiger partial charge in [-0.05, 0) is 62.5 Å². The van der Waals surface area contributed by atoms with Gasteiger partial charge in [0.05, 0.1) is 11.8 Å². The maximum Gasteiger partial charge on any atom is 0.142 e. The third-order valence-corrected chi connectivity index (χ3v) is 6.80. The van der Waals surface area contributed by atoms with E-state index in [1.54, 1.807) is 0 Å². The molecule has 0 fully saturated rings. The highest BCUT2D eigenvalue weighted by atomic mass is 16.3. The molecule has 2 nitrogen and oxygen atoms in total. The first-order chi connectivity index (χ1) is 15.5. The van der Waals surface area contributed by atoms with Crippen molar-refractivity contribution in [3.8, 4) is 0 Å². The lowest BCUT2D eigenvalue weighted by molar-refractivity contribution is 0.410. The van der Waals surface area contributed by atoms with Crippen molar-refractivity contribution >= 4 is 65.0 Å². The molecule has 0 saturated carbocycles. The molecular weight excluding hydrogens is 390 g/mol. The molecule has 0 amide bonds. The fourth-order valence-corrected chi connectivity index (χ4v) is 5.61. The van der Waals surface area contributed by atoms with Crippen LogP contribution in [0.3, 0.4) is 0 Å². The second-order valence-electron chi connectivity index (χ2n) is 10.3. The highest BCUT2D eigenvalue weighted by molar-refractivity contribution is 6.39. The molecule has 0 saturated heterocycles. The average molecular weight is 414 g/mol. The van der Waals surface area contributed by atoms with E-state index < -0.39 is 0 Å². The zero-order valence-corrected chi connectivity index (χ0v) is 18.5. The molecule has 0 radical (unpaired) electrons. The molecule has 0 spiro atoms. The molecule has 2 heterocycles. The van der Waals surface area contributed by atoms with Crippen LogP contribution in [0.25, 0.3) is 65.0 Å². The molecule has 0 aliphatic heterocycles. The van der Waals surface area contributed by atoms with Crippen molar-refractivity contribution in [2.75, 3.05) is 0 Å². The molecule has 0 bridgehead atoms. The Kier molecular flexibility index (Phi) is 3.36. The van der Waals surface area contributed by atoms with Gasteiger partial charge in [-0.1, -0.05) is 63.2 Å². The normalized spacial score (nSPS) is 13.0. The van der Waals surface area contributed by atoms with Crippen LogP contribution >= 0.6 is 0 Å². The average Bonchev–Trinajstić information content (AvgIpc) is 3.19. The van der Waals surface area contributed by atoms with Crippen molar-refractivity contribution in [2.24, 2.45) is 5.41 Å². The zero-order valence-electron chi connectivity index (χ0n) is 18.5. The summed E-state index contributed by atoms with van der Waals surface area (Å²) in [5, 5.41) is 12.5. The number of pyridine rings is 1. The molecule has 0 N–H and O–H groups in total. The van der Waals surface area contributed by atoms with Gasteiger partial charge in [0.15, 0.2) is 0 Å². The van der Waals surface area contributed by atoms with E-state index >= 15 is 0 Å². The van der Waals surface area contributed by atoms with E-state index in [4.69, 9.17) is 9.40 Å². The van der Waals surface area contributed by atoms with Crippen LogP contribution in [0.1, 0.15) is 26.3 Å². The molecule has 5 aromatic carbocycles. The molecular formula is C30H23NO. The lowest BCUT2D eigenvalue weighted by atomic mass is 9.85. The van der Waals surface area contributed by atoms with Crippen molar-refractivity contribution in [1.29, 1.82) is 0 Å². The first-order valence-electron chi connectivity index (χ1n) is 11.3. The van der Waals surface area contributed by atoms with E-state index in [2.05, 4.69) is 81.4 Å². The van der Waals surface area contributed by atoms with Crippen LogP contribution in [0.4, 0.5) is 0 Å². The van der Waals surface area contributed by atoms with Crippen LogP contribution in [-0.2, 0) is 6.42 Å². The summed E-state index contributed by atoms with van der Waals surface area (Å²) in [6.07, 6.45) is 4.88. The van der Waals surface area contributed by atoms with Crippen LogP contribution in [0.15, 0.2) is 77.5 Å². The summed E-state index contributed by atoms with van der Waals surface area (Å²) in [6.45, 7) is 6.85. The molecule has 0 unspecified atom stereocenters. The highest BCUT2D eigenvalue weighted by Crippen LogP contribution is 2.46. The third-order valence-electron chi connectivity index (χ3n) is 6.80. The van der Waals surface area contributed by atoms with Gasteiger partial charge in [0.25, 0.3) is 0 Å². The van der Waals surface area contributed by atoms with E-state index in [-0.39, 0.29) is 5.41 Å². The fraction of sp³-hybridized carbons (Fsp3) is 0.167. The molecule has 2 heteroatoms. The van der Waals surface area contributed by atoms with Gasteiger partial charge in [0, 0.05) is 33.1 Å². The predicted octanol–water partition coefficient (Wildman–Crippen LogP) is 8.62. The summed E-state index contributed by atoms with van der Waals surface area (Å²) in [5.74, 6) is 0. The Morgan fingerprint density at radius 2 is 1.47 bits per heavy atom. The fourth-order valence-electron chi connectivity index (χ4n) is 5.61. The van der Waals surface area contributed by atoms with Crippen molar-refractivity contribution in [2.45, 2.75) is 27.2 Å². The van der Waals surface area contributed by atoms with E-state index in [0.717, 1.165) is 22.9 Å². The smallest absolute Gasteiger partial charge is 0.142 e. The van der Waals surface area contributed by atoms with Crippen molar-refractivity contribution in [3.05, 3.63) is 78.7 Å². The second-order valence-corrected chi connectivity index (χ2v) is 10.3. The summed E-state index contributed by atoms with van der Waals surface area (Å²) in [7, 11) is 0. The number of rotatable bonds is 1. The molecule has 0 aliphatic carbocycles. The highest BCUT2D eigenvalue weighted by Gasteiger charge is 2.23. The summed E-state index contributed by atoms with van der Waals surface area (Å²) in [6, 6.07) is 22.0. The van der Waals surface area contributed by atoms with Crippen LogP contribution in [0, 0.1) is 5.41 Å². The number of furan rings is 1. The van der Waals surface area contributed by atoms with Gasteiger partial charge < -0.3 is 4.42 Å². The van der Waals surface area contributed by atoms with E-state index in [9.17, 15) is 0 Å². The lowest BCUT2D eigenvalue weighted by Crippen LogP contribution is -2.08. The van der Waals surface area contributed by atoms with Crippen molar-refractivity contribution in [3.63, 3.8) is 0 Å². The Balaban J connectivity index is 1.78. The van der Waals surface area contributed by atoms with E-state index in [1.807, 2.05) is 12.5 Å². The third kappa shape index (κ3) is 2.32. The number of nitrogens with zero attached hydrogens (tertiary/aromatic N) is 1. The number of hydrogen-bond donors (Lipinski definition) is 0. The summed E-state index contributed by atoms with van der Waals surface area (Å²) >= 11 is 0. The second kappa shape index (κ2) is 5.98. The van der Waals surface area contributed by atoms with Crippen LogP contribution < -0.4 is 0 Å². The molecule has 2 aromatic heterocycles. The molecule has 7 rings (SSSR count). The number of hydrogen-bond acceptors (Lipinski definition) is 2. The van der Waals surface area contributed by atoms with Crippen molar-refractivity contribution < 1.29 is 4.42 Å². The van der Waals surface area contributed by atoms with Crippen LogP contribution in [-0.4, -0.2) is 4.98 Å². The number of benzene rings is 5. The monoisotopic (exact) mass is 413 g/mol. The minimum atomic E-state index is 0.182. The predicted molar refractivity (Wildman–Crippen MR) is 136 cm³/mol. The van der Waals surface area contributed by atoms with E-state index in [1.165, 1.54) is 54.0 Å². The van der Waals surface area contributed by atoms with Crippen LogP contribution in [0.2, 0.25) is 0 Å². The Hall–Kier alpha value is -3.65. The topological polar surface area (TPSA) is 26.0 Å². The standard InChI is InChI=1S/C30H23NO/c1-30(2,3)15-19-16-32-29-22-11-12-31-28-24-14-18-8-5-4-7-17(18)13-23(24)20-9-6-10-21(25(19)29)26(20)27(22)28/h4-14,16H,15H2,1-3H3. The maximum atomic E-state index is 6.27. The molecule has 7 aromatic rings. The summed E-state index contributed by atoms with van der Waals surface area (Å²) in [4.78, 5) is 4.90. The molecule has 32 heavy (non-hydrogen) atoms. The zero-order chi connectivity index (χ0) is 21.6. The van der Waals surface area contributed by atoms with Gasteiger partial charge in [0.1, 0.15) is 5.58 Å². The summed E-state index contributed by atoms with van der Waals surface area (Å²) < 4.78 is 6.27. The molecule has 0 aliphatic rings. The largest absolute Gasteiger partial charge is 0.463 e. The number of fused-ring (bicyclic) bond motifs is 7. The van der Waals surface area contributed by atoms with Gasteiger partial charge in [-0.3, -0.25) is 4.98 Å². The molecule has 154 valence electrons. The molecule has 0 atom stereocenters. The quantitative estimate of drug-likeness (QED) is 0.199. The Bertz CT molecular complexity index is 1830. The minimum absolute atomic E-state index is 0.182. The van der Waals surface area contributed by atoms with Gasteiger partial charge in [-0.25, -0.2) is 0 Å². The van der Waals surface area contributed by atoms with Gasteiger partial charge in [-0.15, -0.1) is 0 Å². The Morgan fingerprint density at radius 1 is 0.719 bits per heavy atom. The first-order valence-corrected chi connectivity index (χ1v) is 11.3. The van der Waals surface area contributed by atoms with Gasteiger partial charge >= 0.3 is 0 Å². The Morgan fingerprint density at radius 3 is 2.25 bits per heavy atom. The SMILES string of the molecule is CC(C)(C)Cc1coc2c3ccnc4c5cc6ccccc6cc5c5cccc(c12)c5c34. The lowest BCUT2D eigenvalue weighted by Gasteiger charge is -2.18. The van der Waals surface area contributed by atoms with Gasteiger partial charge in [-0.2, -0.15) is 0 Å². The number of aromatic nitrogens is 1.